The molecule has 0 aliphatic rings. The normalized spacial score (nSPS) is 9.30. The van der Waals surface area contributed by atoms with E-state index in [4.69, 9.17) is 0 Å². The number of pyridine rings is 1. The average Bonchev–Trinajstić information content (AvgIpc) is 2.05. The van der Waals surface area contributed by atoms with Crippen LogP contribution < -0.4 is 0 Å². The molecule has 0 atom stereocenters. The van der Waals surface area contributed by atoms with E-state index < -0.39 is 12.5 Å². The van der Waals surface area contributed by atoms with Crippen LogP contribution in [-0.2, 0) is 0 Å². The minimum atomic E-state index is -0.975. The van der Waals surface area contributed by atoms with Crippen LogP contribution in [0.5, 0.6) is 0 Å². The third kappa shape index (κ3) is 1.37. The molecule has 0 radical (unpaired) electrons. The summed E-state index contributed by atoms with van der Waals surface area (Å²) >= 11 is 0. The van der Waals surface area contributed by atoms with Crippen LogP contribution >= 0.6 is 0 Å². The Bertz CT molecular complexity index is 222. The van der Waals surface area contributed by atoms with Crippen molar-refractivity contribution in [2.24, 2.45) is 0 Å². The molecule has 3 heteroatoms. The highest BCUT2D eigenvalue weighted by molar-refractivity contribution is 5.95. The zero-order valence-corrected chi connectivity index (χ0v) is 5.25. The summed E-state index contributed by atoms with van der Waals surface area (Å²) in [7, 11) is 0. The van der Waals surface area contributed by atoms with E-state index in [2.05, 4.69) is 4.98 Å². The van der Waals surface area contributed by atoms with Crippen molar-refractivity contribution < 1.29 is 9.18 Å². The lowest BCUT2D eigenvalue weighted by Gasteiger charge is -1.90. The molecule has 0 aromatic carbocycles. The minimum absolute atomic E-state index is 0.185. The first kappa shape index (κ1) is 6.86. The van der Waals surface area contributed by atoms with Crippen molar-refractivity contribution in [3.63, 3.8) is 0 Å². The number of ketones is 1. The minimum Gasteiger partial charge on any atom is -0.289 e. The fraction of sp³-hybridized carbons (Fsp3) is 0.143. The number of rotatable bonds is 2. The van der Waals surface area contributed by atoms with Gasteiger partial charge in [0.05, 0.1) is 0 Å². The van der Waals surface area contributed by atoms with Crippen molar-refractivity contribution in [2.45, 2.75) is 0 Å². The quantitative estimate of drug-likeness (QED) is 0.577. The molecule has 0 amide bonds. The van der Waals surface area contributed by atoms with Gasteiger partial charge in [0.15, 0.2) is 6.67 Å². The largest absolute Gasteiger partial charge is 0.289 e. The number of halogens is 1. The predicted molar refractivity (Wildman–Crippen MR) is 34.5 cm³/mol. The number of aromatic nitrogens is 1. The van der Waals surface area contributed by atoms with E-state index in [-0.39, 0.29) is 5.69 Å². The van der Waals surface area contributed by atoms with Gasteiger partial charge in [-0.3, -0.25) is 9.78 Å². The van der Waals surface area contributed by atoms with Crippen LogP contribution in [-0.4, -0.2) is 17.4 Å². The molecule has 0 saturated carbocycles. The van der Waals surface area contributed by atoms with Gasteiger partial charge in [0.2, 0.25) is 5.78 Å². The molecule has 0 N–H and O–H groups in total. The van der Waals surface area contributed by atoms with Crippen LogP contribution in [0.3, 0.4) is 0 Å². The molecule has 1 aromatic heterocycles. The Morgan fingerprint density at radius 2 is 2.40 bits per heavy atom. The molecule has 0 unspecified atom stereocenters. The fourth-order valence-electron chi connectivity index (χ4n) is 0.596. The number of Topliss-reactive ketones (excluding diaryl/α,β-unsaturated/α-hetero) is 1. The highest BCUT2D eigenvalue weighted by Crippen LogP contribution is 1.94. The van der Waals surface area contributed by atoms with Crippen LogP contribution in [0.25, 0.3) is 0 Å². The Balaban J connectivity index is 2.85. The van der Waals surface area contributed by atoms with Gasteiger partial charge in [0, 0.05) is 6.20 Å². The second-order valence-corrected chi connectivity index (χ2v) is 1.77. The smallest absolute Gasteiger partial charge is 0.212 e. The Hall–Kier alpha value is -1.25. The van der Waals surface area contributed by atoms with Gasteiger partial charge in [-0.2, -0.15) is 0 Å². The van der Waals surface area contributed by atoms with E-state index in [1.165, 1.54) is 12.3 Å². The SMILES string of the molecule is O=C(CF)c1ccccn1. The maximum atomic E-state index is 11.7. The predicted octanol–water partition coefficient (Wildman–Crippen LogP) is 1.23. The third-order valence-electron chi connectivity index (χ3n) is 1.07. The van der Waals surface area contributed by atoms with Gasteiger partial charge in [-0.25, -0.2) is 4.39 Å². The Morgan fingerprint density at radius 3 is 2.90 bits per heavy atom. The highest BCUT2D eigenvalue weighted by Gasteiger charge is 2.03. The van der Waals surface area contributed by atoms with Crippen molar-refractivity contribution in [1.29, 1.82) is 0 Å². The first-order valence-electron chi connectivity index (χ1n) is 2.85. The average molecular weight is 139 g/mol. The van der Waals surface area contributed by atoms with E-state index in [9.17, 15) is 9.18 Å². The molecule has 0 bridgehead atoms. The molecule has 1 aromatic rings. The number of alkyl halides is 1. The first-order valence-corrected chi connectivity index (χ1v) is 2.85. The molecule has 1 rings (SSSR count). The Kier molecular flexibility index (Phi) is 2.10. The van der Waals surface area contributed by atoms with E-state index in [0.717, 1.165) is 0 Å². The van der Waals surface area contributed by atoms with Gasteiger partial charge in [-0.1, -0.05) is 6.07 Å². The van der Waals surface area contributed by atoms with Crippen molar-refractivity contribution in [3.8, 4) is 0 Å². The molecule has 0 spiro atoms. The Labute approximate surface area is 57.7 Å². The topological polar surface area (TPSA) is 30.0 Å². The van der Waals surface area contributed by atoms with Crippen LogP contribution in [0.1, 0.15) is 10.5 Å². The molecule has 52 valence electrons. The van der Waals surface area contributed by atoms with Gasteiger partial charge in [0.1, 0.15) is 5.69 Å². The molecule has 10 heavy (non-hydrogen) atoms. The van der Waals surface area contributed by atoms with Crippen LogP contribution in [0.4, 0.5) is 4.39 Å². The van der Waals surface area contributed by atoms with Gasteiger partial charge >= 0.3 is 0 Å². The molecule has 2 nitrogen and oxygen atoms in total. The molecular formula is C7H6FNO. The lowest BCUT2D eigenvalue weighted by molar-refractivity contribution is 0.0954. The van der Waals surface area contributed by atoms with Crippen molar-refractivity contribution in [3.05, 3.63) is 30.1 Å². The maximum absolute atomic E-state index is 11.7. The third-order valence-corrected chi connectivity index (χ3v) is 1.07. The summed E-state index contributed by atoms with van der Waals surface area (Å²) in [5, 5.41) is 0. The van der Waals surface area contributed by atoms with Gasteiger partial charge < -0.3 is 0 Å². The number of hydrogen-bond donors (Lipinski definition) is 0. The number of carbonyl (C=O) groups is 1. The number of carbonyl (C=O) groups excluding carboxylic acids is 1. The van der Waals surface area contributed by atoms with Crippen LogP contribution in [0.2, 0.25) is 0 Å². The lowest BCUT2D eigenvalue weighted by atomic mass is 10.3. The Morgan fingerprint density at radius 1 is 1.60 bits per heavy atom. The summed E-state index contributed by atoms with van der Waals surface area (Å²) in [6.45, 7) is -0.975. The molecule has 0 fully saturated rings. The second-order valence-electron chi connectivity index (χ2n) is 1.77. The molecule has 0 aliphatic heterocycles. The number of hydrogen-bond acceptors (Lipinski definition) is 2. The monoisotopic (exact) mass is 139 g/mol. The maximum Gasteiger partial charge on any atom is 0.212 e. The summed E-state index contributed by atoms with van der Waals surface area (Å²) in [5.41, 5.74) is 0.185. The summed E-state index contributed by atoms with van der Waals surface area (Å²) < 4.78 is 11.7. The highest BCUT2D eigenvalue weighted by atomic mass is 19.1. The molecular weight excluding hydrogens is 133 g/mol. The molecule has 0 aliphatic carbocycles. The molecule has 0 saturated heterocycles. The number of nitrogens with zero attached hydrogens (tertiary/aromatic N) is 1. The summed E-state index contributed by atoms with van der Waals surface area (Å²) in [6, 6.07) is 4.81. The van der Waals surface area contributed by atoms with Crippen LogP contribution in [0.15, 0.2) is 24.4 Å². The van der Waals surface area contributed by atoms with E-state index in [1.54, 1.807) is 12.1 Å². The standard InChI is InChI=1S/C7H6FNO/c8-5-7(10)6-3-1-2-4-9-6/h1-4H,5H2. The van der Waals surface area contributed by atoms with Crippen LogP contribution in [0, 0.1) is 0 Å². The fourth-order valence-corrected chi connectivity index (χ4v) is 0.596. The van der Waals surface area contributed by atoms with Crippen molar-refractivity contribution >= 4 is 5.78 Å². The van der Waals surface area contributed by atoms with Crippen molar-refractivity contribution in [1.82, 2.24) is 4.98 Å². The summed E-state index contributed by atoms with van der Waals surface area (Å²) in [6.07, 6.45) is 1.46. The zero-order chi connectivity index (χ0) is 7.40. The molecule has 1 heterocycles. The first-order chi connectivity index (χ1) is 4.84. The van der Waals surface area contributed by atoms with Gasteiger partial charge in [0.25, 0.3) is 0 Å². The van der Waals surface area contributed by atoms with E-state index in [1.807, 2.05) is 0 Å². The van der Waals surface area contributed by atoms with Crippen molar-refractivity contribution in [2.75, 3.05) is 6.67 Å². The van der Waals surface area contributed by atoms with Gasteiger partial charge in [-0.05, 0) is 12.1 Å². The van der Waals surface area contributed by atoms with E-state index >= 15 is 0 Å². The summed E-state index contributed by atoms with van der Waals surface area (Å²) in [5.74, 6) is -0.569. The summed E-state index contributed by atoms with van der Waals surface area (Å²) in [4.78, 5) is 14.2. The lowest BCUT2D eigenvalue weighted by Crippen LogP contribution is -2.02. The zero-order valence-electron chi connectivity index (χ0n) is 5.25. The second kappa shape index (κ2) is 3.06. The van der Waals surface area contributed by atoms with E-state index in [0.29, 0.717) is 0 Å². The van der Waals surface area contributed by atoms with Gasteiger partial charge in [-0.15, -0.1) is 0 Å².